The van der Waals surface area contributed by atoms with Gasteiger partial charge in [0.1, 0.15) is 0 Å². The Labute approximate surface area is 134 Å². The minimum Gasteiger partial charge on any atom is -0.334 e. The first-order valence-corrected chi connectivity index (χ1v) is 8.51. The van der Waals surface area contributed by atoms with Gasteiger partial charge in [0, 0.05) is 6.54 Å². The van der Waals surface area contributed by atoms with E-state index in [0.29, 0.717) is 0 Å². The maximum Gasteiger partial charge on any atom is 0.239 e. The fourth-order valence-electron chi connectivity index (χ4n) is 3.23. The molecule has 0 bridgehead atoms. The number of nitrogens with zero attached hydrogens (tertiary/aromatic N) is 1. The van der Waals surface area contributed by atoms with E-state index in [-0.39, 0.29) is 23.4 Å². The number of likely N-dealkylation sites (tertiary alicyclic amines) is 1. The molecule has 0 spiro atoms. The Morgan fingerprint density at radius 1 is 1.32 bits per heavy atom. The molecule has 122 valence electrons. The van der Waals surface area contributed by atoms with E-state index in [9.17, 15) is 4.79 Å². The van der Waals surface area contributed by atoms with E-state index < -0.39 is 0 Å². The molecular weight excluding hydrogens is 272 g/mol. The van der Waals surface area contributed by atoms with Gasteiger partial charge < -0.3 is 10.6 Å². The molecule has 1 fully saturated rings. The van der Waals surface area contributed by atoms with Crippen LogP contribution in [0.15, 0.2) is 24.3 Å². The number of hydrogen-bond acceptors (Lipinski definition) is 2. The highest BCUT2D eigenvalue weighted by Gasteiger charge is 2.32. The predicted octanol–water partition coefficient (Wildman–Crippen LogP) is 3.78. The molecule has 0 aromatic heterocycles. The average molecular weight is 302 g/mol. The molecule has 1 aromatic carbocycles. The Morgan fingerprint density at radius 3 is 2.50 bits per heavy atom. The van der Waals surface area contributed by atoms with Crippen molar-refractivity contribution in [3.63, 3.8) is 0 Å². The van der Waals surface area contributed by atoms with Crippen molar-refractivity contribution in [3.05, 3.63) is 35.4 Å². The van der Waals surface area contributed by atoms with Gasteiger partial charge in [-0.1, -0.05) is 58.4 Å². The zero-order valence-corrected chi connectivity index (χ0v) is 14.4. The Morgan fingerprint density at radius 2 is 1.95 bits per heavy atom. The lowest BCUT2D eigenvalue weighted by Gasteiger charge is -2.28. The van der Waals surface area contributed by atoms with E-state index in [4.69, 9.17) is 5.73 Å². The smallest absolute Gasteiger partial charge is 0.239 e. The van der Waals surface area contributed by atoms with Gasteiger partial charge in [0.15, 0.2) is 0 Å². The molecule has 22 heavy (non-hydrogen) atoms. The minimum atomic E-state index is -0.348. The summed E-state index contributed by atoms with van der Waals surface area (Å²) in [6.07, 6.45) is 3.83. The Balaban J connectivity index is 2.15. The first-order valence-electron chi connectivity index (χ1n) is 8.51. The maximum atomic E-state index is 12.5. The molecule has 1 aliphatic heterocycles. The summed E-state index contributed by atoms with van der Waals surface area (Å²) in [5.74, 6) is 0.115. The van der Waals surface area contributed by atoms with Crippen molar-refractivity contribution < 1.29 is 4.79 Å². The molecule has 1 aliphatic rings. The summed E-state index contributed by atoms with van der Waals surface area (Å²) in [4.78, 5) is 14.5. The van der Waals surface area contributed by atoms with Gasteiger partial charge in [0.05, 0.1) is 12.1 Å². The first kappa shape index (κ1) is 17.0. The van der Waals surface area contributed by atoms with Crippen LogP contribution in [0.5, 0.6) is 0 Å². The number of nitrogens with two attached hydrogens (primary N) is 1. The maximum absolute atomic E-state index is 12.5. The van der Waals surface area contributed by atoms with E-state index in [1.165, 1.54) is 11.1 Å². The van der Waals surface area contributed by atoms with Crippen molar-refractivity contribution >= 4 is 5.91 Å². The summed E-state index contributed by atoms with van der Waals surface area (Å²) in [7, 11) is 0. The van der Waals surface area contributed by atoms with Gasteiger partial charge in [-0.3, -0.25) is 4.79 Å². The number of carbonyl (C=O) groups is 1. The van der Waals surface area contributed by atoms with Crippen molar-refractivity contribution in [2.24, 2.45) is 5.73 Å². The van der Waals surface area contributed by atoms with Gasteiger partial charge in [-0.05, 0) is 35.8 Å². The van der Waals surface area contributed by atoms with E-state index >= 15 is 0 Å². The number of amides is 1. The van der Waals surface area contributed by atoms with E-state index in [1.807, 2.05) is 4.90 Å². The SMILES string of the molecule is CCCC(N)C(=O)N1CCCC1c1ccc(C(C)(C)C)cc1. The minimum absolute atomic E-state index is 0.115. The topological polar surface area (TPSA) is 46.3 Å². The number of benzene rings is 1. The zero-order valence-electron chi connectivity index (χ0n) is 14.4. The van der Waals surface area contributed by atoms with E-state index in [1.54, 1.807) is 0 Å². The Bertz CT molecular complexity index is 501. The molecule has 0 aliphatic carbocycles. The van der Waals surface area contributed by atoms with E-state index in [0.717, 1.165) is 32.2 Å². The van der Waals surface area contributed by atoms with Crippen LogP contribution in [0.4, 0.5) is 0 Å². The van der Waals surface area contributed by atoms with Crippen molar-refractivity contribution in [2.45, 2.75) is 70.9 Å². The number of rotatable bonds is 4. The first-order chi connectivity index (χ1) is 10.3. The number of carbonyl (C=O) groups excluding carboxylic acids is 1. The summed E-state index contributed by atoms with van der Waals surface area (Å²) in [5, 5.41) is 0. The van der Waals surface area contributed by atoms with Crippen LogP contribution < -0.4 is 5.73 Å². The van der Waals surface area contributed by atoms with Crippen LogP contribution in [0.3, 0.4) is 0 Å². The average Bonchev–Trinajstić information content (AvgIpc) is 2.95. The lowest BCUT2D eigenvalue weighted by atomic mass is 9.86. The second-order valence-electron chi connectivity index (χ2n) is 7.46. The molecular formula is C19H30N2O. The lowest BCUT2D eigenvalue weighted by Crippen LogP contribution is -2.43. The van der Waals surface area contributed by atoms with Crippen LogP contribution >= 0.6 is 0 Å². The van der Waals surface area contributed by atoms with Crippen molar-refractivity contribution in [1.29, 1.82) is 0 Å². The molecule has 3 heteroatoms. The molecule has 1 aromatic rings. The lowest BCUT2D eigenvalue weighted by molar-refractivity contribution is -0.133. The van der Waals surface area contributed by atoms with Gasteiger partial charge in [-0.2, -0.15) is 0 Å². The van der Waals surface area contributed by atoms with Gasteiger partial charge in [0.25, 0.3) is 0 Å². The molecule has 1 saturated heterocycles. The molecule has 3 nitrogen and oxygen atoms in total. The summed E-state index contributed by atoms with van der Waals surface area (Å²) < 4.78 is 0. The third-order valence-corrected chi connectivity index (χ3v) is 4.61. The molecule has 0 radical (unpaired) electrons. The van der Waals surface area contributed by atoms with E-state index in [2.05, 4.69) is 52.0 Å². The summed E-state index contributed by atoms with van der Waals surface area (Å²) >= 11 is 0. The molecule has 2 N–H and O–H groups in total. The van der Waals surface area contributed by atoms with Crippen LogP contribution in [0.25, 0.3) is 0 Å². The van der Waals surface area contributed by atoms with Gasteiger partial charge in [-0.15, -0.1) is 0 Å². The van der Waals surface area contributed by atoms with Crippen LogP contribution in [-0.2, 0) is 10.2 Å². The summed E-state index contributed by atoms with van der Waals surface area (Å²) in [5.41, 5.74) is 8.76. The fourth-order valence-corrected chi connectivity index (χ4v) is 3.23. The predicted molar refractivity (Wildman–Crippen MR) is 91.7 cm³/mol. The van der Waals surface area contributed by atoms with Crippen molar-refractivity contribution in [3.8, 4) is 0 Å². The molecule has 1 heterocycles. The number of hydrogen-bond donors (Lipinski definition) is 1. The van der Waals surface area contributed by atoms with Gasteiger partial charge in [0.2, 0.25) is 5.91 Å². The molecule has 1 amide bonds. The van der Waals surface area contributed by atoms with Crippen molar-refractivity contribution in [2.75, 3.05) is 6.54 Å². The molecule has 0 saturated carbocycles. The second-order valence-corrected chi connectivity index (χ2v) is 7.46. The molecule has 2 rings (SSSR count). The monoisotopic (exact) mass is 302 g/mol. The molecule has 2 unspecified atom stereocenters. The third kappa shape index (κ3) is 3.70. The second kappa shape index (κ2) is 6.82. The normalized spacial score (nSPS) is 20.2. The zero-order chi connectivity index (χ0) is 16.3. The van der Waals surface area contributed by atoms with Crippen LogP contribution in [0.2, 0.25) is 0 Å². The largest absolute Gasteiger partial charge is 0.334 e. The van der Waals surface area contributed by atoms with Crippen LogP contribution in [0.1, 0.15) is 70.5 Å². The standard InChI is InChI=1S/C19H30N2O/c1-5-7-16(20)18(22)21-13-6-8-17(21)14-9-11-15(12-10-14)19(2,3)4/h9-12,16-17H,5-8,13,20H2,1-4H3. The highest BCUT2D eigenvalue weighted by molar-refractivity contribution is 5.82. The van der Waals surface area contributed by atoms with Crippen molar-refractivity contribution in [1.82, 2.24) is 4.90 Å². The highest BCUT2D eigenvalue weighted by Crippen LogP contribution is 2.33. The Hall–Kier alpha value is -1.35. The van der Waals surface area contributed by atoms with Gasteiger partial charge in [-0.25, -0.2) is 0 Å². The molecule has 2 atom stereocenters. The quantitative estimate of drug-likeness (QED) is 0.920. The highest BCUT2D eigenvalue weighted by atomic mass is 16.2. The third-order valence-electron chi connectivity index (χ3n) is 4.61. The summed E-state index contributed by atoms with van der Waals surface area (Å²) in [6, 6.07) is 8.61. The van der Waals surface area contributed by atoms with Crippen LogP contribution in [-0.4, -0.2) is 23.4 Å². The Kier molecular flexibility index (Phi) is 5.28. The van der Waals surface area contributed by atoms with Crippen LogP contribution in [0, 0.1) is 0 Å². The summed E-state index contributed by atoms with van der Waals surface area (Å²) in [6.45, 7) is 9.56. The fraction of sp³-hybridized carbons (Fsp3) is 0.632. The van der Waals surface area contributed by atoms with Gasteiger partial charge >= 0.3 is 0 Å².